The summed E-state index contributed by atoms with van der Waals surface area (Å²) < 4.78 is 1.15. The molecule has 0 bridgehead atoms. The topological polar surface area (TPSA) is 29.3 Å². The molecule has 0 aliphatic rings. The van der Waals surface area contributed by atoms with Gasteiger partial charge >= 0.3 is 0 Å². The van der Waals surface area contributed by atoms with Crippen LogP contribution >= 0.6 is 27.3 Å². The van der Waals surface area contributed by atoms with E-state index in [-0.39, 0.29) is 0 Å². The van der Waals surface area contributed by atoms with Crippen molar-refractivity contribution in [3.8, 4) is 0 Å². The van der Waals surface area contributed by atoms with Gasteiger partial charge in [-0.2, -0.15) is 0 Å². The zero-order valence-corrected chi connectivity index (χ0v) is 10.4. The fourth-order valence-electron chi connectivity index (χ4n) is 1.13. The van der Waals surface area contributed by atoms with Gasteiger partial charge in [-0.25, -0.2) is 0 Å². The summed E-state index contributed by atoms with van der Waals surface area (Å²) in [5, 5.41) is 3.38. The van der Waals surface area contributed by atoms with Crippen LogP contribution in [0.3, 0.4) is 0 Å². The fraction of sp³-hybridized carbons (Fsp3) is 0.556. The van der Waals surface area contributed by atoms with Crippen molar-refractivity contribution in [2.75, 3.05) is 25.0 Å². The Hall–Kier alpha value is -0.0600. The van der Waals surface area contributed by atoms with Crippen LogP contribution in [0.2, 0.25) is 0 Å². The molecule has 0 aliphatic carbocycles. The summed E-state index contributed by atoms with van der Waals surface area (Å²) in [4.78, 5) is 2.24. The van der Waals surface area contributed by atoms with Crippen molar-refractivity contribution in [1.82, 2.24) is 0 Å². The number of nitrogens with zero attached hydrogens (tertiary/aromatic N) is 1. The molecule has 0 amide bonds. The molecule has 1 atom stereocenters. The minimum Gasteiger partial charge on any atom is -0.366 e. The molecule has 0 spiro atoms. The second kappa shape index (κ2) is 4.98. The Morgan fingerprint density at radius 1 is 1.69 bits per heavy atom. The van der Waals surface area contributed by atoms with E-state index in [0.717, 1.165) is 17.6 Å². The number of halogens is 1. The molecule has 13 heavy (non-hydrogen) atoms. The van der Waals surface area contributed by atoms with Crippen molar-refractivity contribution in [2.24, 2.45) is 11.7 Å². The molecule has 0 saturated heterocycles. The summed E-state index contributed by atoms with van der Waals surface area (Å²) >= 11 is 5.19. The molecule has 1 rings (SSSR count). The van der Waals surface area contributed by atoms with Gasteiger partial charge in [-0.3, -0.25) is 0 Å². The first-order chi connectivity index (χ1) is 6.13. The van der Waals surface area contributed by atoms with Crippen LogP contribution in [0, 0.1) is 5.92 Å². The van der Waals surface area contributed by atoms with Gasteiger partial charge in [0.05, 0.1) is 5.00 Å². The molecule has 4 heteroatoms. The van der Waals surface area contributed by atoms with E-state index in [1.54, 1.807) is 11.3 Å². The predicted molar refractivity (Wildman–Crippen MR) is 63.5 cm³/mol. The van der Waals surface area contributed by atoms with Gasteiger partial charge in [0.1, 0.15) is 0 Å². The molecule has 0 radical (unpaired) electrons. The molecule has 74 valence electrons. The first-order valence-corrected chi connectivity index (χ1v) is 5.96. The van der Waals surface area contributed by atoms with E-state index in [0.29, 0.717) is 5.92 Å². The second-order valence-electron chi connectivity index (χ2n) is 3.32. The first-order valence-electron chi connectivity index (χ1n) is 4.28. The third-order valence-corrected chi connectivity index (χ3v) is 3.72. The normalized spacial score (nSPS) is 12.9. The molecular weight excluding hydrogens is 248 g/mol. The maximum Gasteiger partial charge on any atom is 0.0917 e. The SMILES string of the molecule is CC(CN)CN(C)c1cc(Br)cs1. The van der Waals surface area contributed by atoms with Gasteiger partial charge in [0.15, 0.2) is 0 Å². The van der Waals surface area contributed by atoms with Gasteiger partial charge < -0.3 is 10.6 Å². The summed E-state index contributed by atoms with van der Waals surface area (Å²) in [7, 11) is 2.10. The van der Waals surface area contributed by atoms with Crippen LogP contribution in [0.1, 0.15) is 6.92 Å². The molecule has 0 saturated carbocycles. The van der Waals surface area contributed by atoms with Crippen molar-refractivity contribution in [3.05, 3.63) is 15.9 Å². The van der Waals surface area contributed by atoms with Crippen molar-refractivity contribution >= 4 is 32.3 Å². The van der Waals surface area contributed by atoms with Crippen LogP contribution in [0.4, 0.5) is 5.00 Å². The fourth-order valence-corrected chi connectivity index (χ4v) is 2.53. The lowest BCUT2D eigenvalue weighted by atomic mass is 10.2. The second-order valence-corrected chi connectivity index (χ2v) is 5.13. The molecule has 1 aromatic heterocycles. The van der Waals surface area contributed by atoms with Crippen LogP contribution < -0.4 is 10.6 Å². The van der Waals surface area contributed by atoms with Gasteiger partial charge in [0, 0.05) is 23.4 Å². The average molecular weight is 263 g/mol. The summed E-state index contributed by atoms with van der Waals surface area (Å²) in [6, 6.07) is 2.13. The lowest BCUT2D eigenvalue weighted by Crippen LogP contribution is -2.27. The Kier molecular flexibility index (Phi) is 4.22. The molecule has 0 aliphatic heterocycles. The number of nitrogens with two attached hydrogens (primary N) is 1. The maximum atomic E-state index is 5.57. The van der Waals surface area contributed by atoms with E-state index in [1.807, 2.05) is 0 Å². The minimum atomic E-state index is 0.547. The third kappa shape index (κ3) is 3.29. The van der Waals surface area contributed by atoms with Gasteiger partial charge in [0.2, 0.25) is 0 Å². The Morgan fingerprint density at radius 2 is 2.38 bits per heavy atom. The lowest BCUT2D eigenvalue weighted by Gasteiger charge is -2.20. The Bertz CT molecular complexity index is 262. The lowest BCUT2D eigenvalue weighted by molar-refractivity contribution is 0.592. The Morgan fingerprint density at radius 3 is 2.85 bits per heavy atom. The standard InChI is InChI=1S/C9H15BrN2S/c1-7(4-11)5-12(2)9-3-8(10)6-13-9/h3,6-7H,4-5,11H2,1-2H3. The first kappa shape index (κ1) is 11.0. The number of hydrogen-bond donors (Lipinski definition) is 1. The van der Waals surface area contributed by atoms with Crippen molar-refractivity contribution in [1.29, 1.82) is 0 Å². The van der Waals surface area contributed by atoms with Gasteiger partial charge in [0.25, 0.3) is 0 Å². The number of anilines is 1. The molecular formula is C9H15BrN2S. The third-order valence-electron chi connectivity index (χ3n) is 1.92. The van der Waals surface area contributed by atoms with E-state index in [9.17, 15) is 0 Å². The summed E-state index contributed by atoms with van der Waals surface area (Å²) in [6.45, 7) is 3.93. The molecule has 1 heterocycles. The zero-order valence-electron chi connectivity index (χ0n) is 7.96. The van der Waals surface area contributed by atoms with Crippen LogP contribution in [-0.2, 0) is 0 Å². The van der Waals surface area contributed by atoms with Crippen LogP contribution in [-0.4, -0.2) is 20.1 Å². The molecule has 2 nitrogen and oxygen atoms in total. The van der Waals surface area contributed by atoms with Crippen molar-refractivity contribution in [3.63, 3.8) is 0 Å². The van der Waals surface area contributed by atoms with Crippen LogP contribution in [0.15, 0.2) is 15.9 Å². The molecule has 0 fully saturated rings. The van der Waals surface area contributed by atoms with Crippen molar-refractivity contribution in [2.45, 2.75) is 6.92 Å². The summed E-state index contributed by atoms with van der Waals surface area (Å²) in [5.41, 5.74) is 5.57. The smallest absolute Gasteiger partial charge is 0.0917 e. The highest BCUT2D eigenvalue weighted by molar-refractivity contribution is 9.10. The number of hydrogen-bond acceptors (Lipinski definition) is 3. The summed E-state index contributed by atoms with van der Waals surface area (Å²) in [6.07, 6.45) is 0. The van der Waals surface area contributed by atoms with E-state index in [4.69, 9.17) is 5.73 Å². The number of thiophene rings is 1. The molecule has 2 N–H and O–H groups in total. The minimum absolute atomic E-state index is 0.547. The Labute approximate surface area is 91.9 Å². The van der Waals surface area contributed by atoms with Gasteiger partial charge in [-0.05, 0) is 34.5 Å². The van der Waals surface area contributed by atoms with Crippen LogP contribution in [0.5, 0.6) is 0 Å². The largest absolute Gasteiger partial charge is 0.366 e. The van der Waals surface area contributed by atoms with E-state index < -0.39 is 0 Å². The number of rotatable bonds is 4. The quantitative estimate of drug-likeness (QED) is 0.904. The summed E-state index contributed by atoms with van der Waals surface area (Å²) in [5.74, 6) is 0.547. The maximum absolute atomic E-state index is 5.57. The highest BCUT2D eigenvalue weighted by Crippen LogP contribution is 2.27. The predicted octanol–water partition coefficient (Wildman–Crippen LogP) is 2.54. The Balaban J connectivity index is 2.53. The van der Waals surface area contributed by atoms with Crippen LogP contribution in [0.25, 0.3) is 0 Å². The van der Waals surface area contributed by atoms with E-state index in [1.165, 1.54) is 5.00 Å². The van der Waals surface area contributed by atoms with Gasteiger partial charge in [-0.1, -0.05) is 6.92 Å². The monoisotopic (exact) mass is 262 g/mol. The zero-order chi connectivity index (χ0) is 9.84. The average Bonchev–Trinajstić information content (AvgIpc) is 2.51. The highest BCUT2D eigenvalue weighted by Gasteiger charge is 2.07. The van der Waals surface area contributed by atoms with Crippen molar-refractivity contribution < 1.29 is 0 Å². The van der Waals surface area contributed by atoms with E-state index >= 15 is 0 Å². The molecule has 0 aromatic carbocycles. The molecule has 1 unspecified atom stereocenters. The van der Waals surface area contributed by atoms with E-state index in [2.05, 4.69) is 46.2 Å². The van der Waals surface area contributed by atoms with Gasteiger partial charge in [-0.15, -0.1) is 11.3 Å². The highest BCUT2D eigenvalue weighted by atomic mass is 79.9. The molecule has 1 aromatic rings.